The molecule has 2 unspecified atom stereocenters. The Morgan fingerprint density at radius 3 is 2.83 bits per heavy atom. The standard InChI is InChI=1S/C18H21NO4/c1-19(11-12-6-2-4-8-14(12)20)18(22)17-10-15(21)13-7-3-5-9-16(13)23-17/h3,5,7,9-10,12,14,20H,2,4,6,8,11H2,1H3. The largest absolute Gasteiger partial charge is 0.451 e. The zero-order valence-electron chi connectivity index (χ0n) is 13.2. The van der Waals surface area contributed by atoms with Gasteiger partial charge in [-0.2, -0.15) is 0 Å². The molecule has 1 amide bonds. The van der Waals surface area contributed by atoms with Crippen molar-refractivity contribution in [2.24, 2.45) is 5.92 Å². The number of hydrogen-bond acceptors (Lipinski definition) is 4. The van der Waals surface area contributed by atoms with E-state index in [1.807, 2.05) is 0 Å². The highest BCUT2D eigenvalue weighted by Crippen LogP contribution is 2.25. The SMILES string of the molecule is CN(CC1CCCCC1O)C(=O)c1cc(=O)c2ccccc2o1. The minimum Gasteiger partial charge on any atom is -0.451 e. The van der Waals surface area contributed by atoms with Crippen LogP contribution in [0.2, 0.25) is 0 Å². The van der Waals surface area contributed by atoms with Crippen LogP contribution in [0.25, 0.3) is 11.0 Å². The Hall–Kier alpha value is -2.14. The molecule has 1 N–H and O–H groups in total. The van der Waals surface area contributed by atoms with Gasteiger partial charge in [0, 0.05) is 25.6 Å². The molecule has 0 aliphatic heterocycles. The lowest BCUT2D eigenvalue weighted by Crippen LogP contribution is -2.38. The minimum atomic E-state index is -0.359. The van der Waals surface area contributed by atoms with Crippen LogP contribution in [0.15, 0.2) is 39.5 Å². The van der Waals surface area contributed by atoms with Crippen molar-refractivity contribution in [1.82, 2.24) is 4.90 Å². The first-order valence-corrected chi connectivity index (χ1v) is 8.02. The zero-order valence-corrected chi connectivity index (χ0v) is 13.2. The van der Waals surface area contributed by atoms with Crippen molar-refractivity contribution in [1.29, 1.82) is 0 Å². The van der Waals surface area contributed by atoms with Gasteiger partial charge in [0.05, 0.1) is 11.5 Å². The maximum atomic E-state index is 12.5. The number of rotatable bonds is 3. The smallest absolute Gasteiger partial charge is 0.289 e. The summed E-state index contributed by atoms with van der Waals surface area (Å²) in [7, 11) is 1.68. The van der Waals surface area contributed by atoms with E-state index < -0.39 is 0 Å². The highest BCUT2D eigenvalue weighted by atomic mass is 16.3. The van der Waals surface area contributed by atoms with Gasteiger partial charge in [0.2, 0.25) is 0 Å². The van der Waals surface area contributed by atoms with Crippen LogP contribution in [0.4, 0.5) is 0 Å². The molecule has 23 heavy (non-hydrogen) atoms. The molecule has 1 saturated carbocycles. The van der Waals surface area contributed by atoms with E-state index in [-0.39, 0.29) is 29.1 Å². The van der Waals surface area contributed by atoms with Crippen molar-refractivity contribution in [3.05, 3.63) is 46.3 Å². The Labute approximate surface area is 134 Å². The van der Waals surface area contributed by atoms with E-state index >= 15 is 0 Å². The van der Waals surface area contributed by atoms with E-state index in [0.717, 1.165) is 25.7 Å². The predicted octanol–water partition coefficient (Wildman–Crippen LogP) is 2.42. The summed E-state index contributed by atoms with van der Waals surface area (Å²) in [6.45, 7) is 0.469. The second-order valence-electron chi connectivity index (χ2n) is 6.27. The third kappa shape index (κ3) is 3.29. The summed E-state index contributed by atoms with van der Waals surface area (Å²) in [6, 6.07) is 8.13. The van der Waals surface area contributed by atoms with Crippen LogP contribution >= 0.6 is 0 Å². The molecule has 122 valence electrons. The van der Waals surface area contributed by atoms with Crippen LogP contribution in [-0.4, -0.2) is 35.6 Å². The fourth-order valence-corrected chi connectivity index (χ4v) is 3.23. The molecular weight excluding hydrogens is 294 g/mol. The summed E-state index contributed by atoms with van der Waals surface area (Å²) in [5, 5.41) is 10.5. The number of aliphatic hydroxyl groups excluding tert-OH is 1. The van der Waals surface area contributed by atoms with Crippen molar-refractivity contribution in [3.63, 3.8) is 0 Å². The molecule has 2 aromatic rings. The Bertz CT molecular complexity index is 767. The van der Waals surface area contributed by atoms with Gasteiger partial charge in [-0.1, -0.05) is 25.0 Å². The molecule has 3 rings (SSSR count). The number of amides is 1. The molecule has 5 heteroatoms. The minimum absolute atomic E-state index is 0.0431. The summed E-state index contributed by atoms with van der Waals surface area (Å²) < 4.78 is 5.59. The highest BCUT2D eigenvalue weighted by molar-refractivity contribution is 5.93. The maximum absolute atomic E-state index is 12.5. The van der Waals surface area contributed by atoms with Gasteiger partial charge in [0.1, 0.15) is 5.58 Å². The summed E-state index contributed by atoms with van der Waals surface area (Å²) in [6.07, 6.45) is 3.46. The van der Waals surface area contributed by atoms with Crippen molar-refractivity contribution in [3.8, 4) is 0 Å². The Morgan fingerprint density at radius 2 is 2.04 bits per heavy atom. The van der Waals surface area contributed by atoms with E-state index in [1.54, 1.807) is 31.3 Å². The van der Waals surface area contributed by atoms with E-state index in [1.165, 1.54) is 11.0 Å². The summed E-state index contributed by atoms with van der Waals surface area (Å²) >= 11 is 0. The van der Waals surface area contributed by atoms with E-state index in [2.05, 4.69) is 0 Å². The molecule has 0 radical (unpaired) electrons. The molecule has 1 fully saturated rings. The number of benzene rings is 1. The number of fused-ring (bicyclic) bond motifs is 1. The van der Waals surface area contributed by atoms with Gasteiger partial charge in [-0.05, 0) is 25.0 Å². The Morgan fingerprint density at radius 1 is 1.30 bits per heavy atom. The molecule has 0 spiro atoms. The Balaban J connectivity index is 1.80. The van der Waals surface area contributed by atoms with E-state index in [0.29, 0.717) is 17.5 Å². The quantitative estimate of drug-likeness (QED) is 0.944. The zero-order chi connectivity index (χ0) is 16.4. The van der Waals surface area contributed by atoms with Crippen molar-refractivity contribution >= 4 is 16.9 Å². The number of para-hydroxylation sites is 1. The van der Waals surface area contributed by atoms with Crippen molar-refractivity contribution in [2.45, 2.75) is 31.8 Å². The molecule has 0 bridgehead atoms. The molecule has 1 aliphatic rings. The molecule has 1 aliphatic carbocycles. The maximum Gasteiger partial charge on any atom is 0.289 e. The average molecular weight is 315 g/mol. The topological polar surface area (TPSA) is 70.8 Å². The number of aliphatic hydroxyl groups is 1. The average Bonchev–Trinajstić information content (AvgIpc) is 2.56. The monoisotopic (exact) mass is 315 g/mol. The molecular formula is C18H21NO4. The predicted molar refractivity (Wildman–Crippen MR) is 87.4 cm³/mol. The number of carbonyl (C=O) groups excluding carboxylic acids is 1. The first-order valence-electron chi connectivity index (χ1n) is 8.02. The third-order valence-corrected chi connectivity index (χ3v) is 4.57. The van der Waals surface area contributed by atoms with Crippen LogP contribution in [0.1, 0.15) is 36.2 Å². The third-order valence-electron chi connectivity index (χ3n) is 4.57. The molecule has 1 aromatic carbocycles. The lowest BCUT2D eigenvalue weighted by Gasteiger charge is -2.31. The second-order valence-corrected chi connectivity index (χ2v) is 6.27. The van der Waals surface area contributed by atoms with Gasteiger partial charge in [-0.25, -0.2) is 0 Å². The van der Waals surface area contributed by atoms with Gasteiger partial charge in [-0.3, -0.25) is 9.59 Å². The fourth-order valence-electron chi connectivity index (χ4n) is 3.23. The number of hydrogen-bond donors (Lipinski definition) is 1. The molecule has 5 nitrogen and oxygen atoms in total. The van der Waals surface area contributed by atoms with Gasteiger partial charge in [-0.15, -0.1) is 0 Å². The molecule has 2 atom stereocenters. The van der Waals surface area contributed by atoms with Gasteiger partial charge in [0.15, 0.2) is 11.2 Å². The van der Waals surface area contributed by atoms with Gasteiger partial charge in [0.25, 0.3) is 5.91 Å². The highest BCUT2D eigenvalue weighted by Gasteiger charge is 2.26. The first kappa shape index (κ1) is 15.7. The van der Waals surface area contributed by atoms with Crippen molar-refractivity contribution in [2.75, 3.05) is 13.6 Å². The fraction of sp³-hybridized carbons (Fsp3) is 0.444. The van der Waals surface area contributed by atoms with Crippen LogP contribution in [-0.2, 0) is 0 Å². The number of nitrogens with zero attached hydrogens (tertiary/aromatic N) is 1. The number of carbonyl (C=O) groups is 1. The molecule has 0 saturated heterocycles. The summed E-state index contributed by atoms with van der Waals surface area (Å²) in [5.41, 5.74) is 0.191. The van der Waals surface area contributed by atoms with Crippen molar-refractivity contribution < 1.29 is 14.3 Å². The van der Waals surface area contributed by atoms with Crippen LogP contribution in [0, 0.1) is 5.92 Å². The second kappa shape index (κ2) is 6.54. The van der Waals surface area contributed by atoms with E-state index in [4.69, 9.17) is 4.42 Å². The van der Waals surface area contributed by atoms with E-state index in [9.17, 15) is 14.7 Å². The van der Waals surface area contributed by atoms with Crippen LogP contribution in [0.3, 0.4) is 0 Å². The van der Waals surface area contributed by atoms with Gasteiger partial charge >= 0.3 is 0 Å². The summed E-state index contributed by atoms with van der Waals surface area (Å²) in [5.74, 6) is -0.197. The molecule has 1 aromatic heterocycles. The van der Waals surface area contributed by atoms with Crippen LogP contribution < -0.4 is 5.43 Å². The molecule has 1 heterocycles. The normalized spacial score (nSPS) is 21.3. The lowest BCUT2D eigenvalue weighted by atomic mass is 9.86. The van der Waals surface area contributed by atoms with Gasteiger partial charge < -0.3 is 14.4 Å². The lowest BCUT2D eigenvalue weighted by molar-refractivity contribution is 0.0437. The van der Waals surface area contributed by atoms with Crippen LogP contribution in [0.5, 0.6) is 0 Å². The first-order chi connectivity index (χ1) is 11.1. The summed E-state index contributed by atoms with van der Waals surface area (Å²) in [4.78, 5) is 26.2. The Kier molecular flexibility index (Phi) is 4.48.